The first-order chi connectivity index (χ1) is 10.0. The molecule has 0 heterocycles. The summed E-state index contributed by atoms with van der Waals surface area (Å²) in [6, 6.07) is 8.77. The highest BCUT2D eigenvalue weighted by Crippen LogP contribution is 2.32. The fraction of sp³-hybridized carbons (Fsp3) is 0.529. The summed E-state index contributed by atoms with van der Waals surface area (Å²) in [4.78, 5) is 24.0. The van der Waals surface area contributed by atoms with E-state index in [1.165, 1.54) is 0 Å². The molecule has 0 aliphatic carbocycles. The van der Waals surface area contributed by atoms with Crippen molar-refractivity contribution in [1.82, 2.24) is 5.32 Å². The van der Waals surface area contributed by atoms with E-state index in [4.69, 9.17) is 0 Å². The van der Waals surface area contributed by atoms with Crippen LogP contribution < -0.4 is 5.32 Å². The van der Waals surface area contributed by atoms with Crippen LogP contribution in [0.5, 0.6) is 0 Å². The van der Waals surface area contributed by atoms with E-state index in [0.29, 0.717) is 25.7 Å². The molecule has 1 aromatic rings. The third kappa shape index (κ3) is 3.84. The molecule has 0 aromatic heterocycles. The fourth-order valence-electron chi connectivity index (χ4n) is 2.71. The number of nitrogens with one attached hydrogen (secondary N) is 1. The average Bonchev–Trinajstić information content (AvgIpc) is 2.49. The summed E-state index contributed by atoms with van der Waals surface area (Å²) in [6.07, 6.45) is 2.43. The van der Waals surface area contributed by atoms with Crippen LogP contribution in [0.25, 0.3) is 0 Å². The van der Waals surface area contributed by atoms with E-state index >= 15 is 0 Å². The Bertz CT molecular complexity index is 466. The molecule has 1 aromatic carbocycles. The van der Waals surface area contributed by atoms with Crippen LogP contribution in [0.4, 0.5) is 0 Å². The van der Waals surface area contributed by atoms with Gasteiger partial charge in [-0.1, -0.05) is 57.5 Å². The van der Waals surface area contributed by atoms with Gasteiger partial charge in [0.1, 0.15) is 6.04 Å². The number of rotatable bonds is 8. The molecule has 1 atom stereocenters. The van der Waals surface area contributed by atoms with Gasteiger partial charge in [0.05, 0.1) is 5.41 Å². The SMILES string of the molecule is CCCC(NC(=O)C(CC)(CC)c1ccccc1)C(=O)O. The van der Waals surface area contributed by atoms with Crippen molar-refractivity contribution >= 4 is 11.9 Å². The highest BCUT2D eigenvalue weighted by Gasteiger charge is 2.38. The van der Waals surface area contributed by atoms with Gasteiger partial charge < -0.3 is 10.4 Å². The maximum absolute atomic E-state index is 12.7. The molecule has 0 radical (unpaired) electrons. The average molecular weight is 291 g/mol. The molecule has 0 fully saturated rings. The van der Waals surface area contributed by atoms with Crippen molar-refractivity contribution in [2.45, 2.75) is 57.9 Å². The third-order valence-corrected chi connectivity index (χ3v) is 4.15. The molecule has 1 amide bonds. The standard InChI is InChI=1S/C17H25NO3/c1-4-10-14(15(19)20)18-16(21)17(5-2,6-3)13-11-8-7-9-12-13/h7-9,11-12,14H,4-6,10H2,1-3H3,(H,18,21)(H,19,20). The van der Waals surface area contributed by atoms with E-state index in [0.717, 1.165) is 5.56 Å². The van der Waals surface area contributed by atoms with Crippen LogP contribution in [0.1, 0.15) is 52.0 Å². The topological polar surface area (TPSA) is 66.4 Å². The quantitative estimate of drug-likeness (QED) is 0.773. The minimum Gasteiger partial charge on any atom is -0.480 e. The lowest BCUT2D eigenvalue weighted by Crippen LogP contribution is -2.50. The first-order valence-corrected chi connectivity index (χ1v) is 7.61. The predicted octanol–water partition coefficient (Wildman–Crippen LogP) is 3.11. The molecular weight excluding hydrogens is 266 g/mol. The Labute approximate surface area is 126 Å². The number of carboxylic acids is 1. The van der Waals surface area contributed by atoms with Crippen LogP contribution in [-0.4, -0.2) is 23.0 Å². The van der Waals surface area contributed by atoms with Gasteiger partial charge in [0.25, 0.3) is 0 Å². The molecule has 1 rings (SSSR count). The predicted molar refractivity (Wildman–Crippen MR) is 83.2 cm³/mol. The second-order valence-electron chi connectivity index (χ2n) is 5.31. The fourth-order valence-corrected chi connectivity index (χ4v) is 2.71. The molecule has 21 heavy (non-hydrogen) atoms. The van der Waals surface area contributed by atoms with Crippen molar-refractivity contribution in [2.75, 3.05) is 0 Å². The van der Waals surface area contributed by atoms with Gasteiger partial charge in [0.15, 0.2) is 0 Å². The summed E-state index contributed by atoms with van der Waals surface area (Å²) >= 11 is 0. The van der Waals surface area contributed by atoms with Crippen LogP contribution in [0.2, 0.25) is 0 Å². The molecule has 0 saturated heterocycles. The zero-order chi connectivity index (χ0) is 15.9. The Morgan fingerprint density at radius 3 is 2.14 bits per heavy atom. The number of amides is 1. The van der Waals surface area contributed by atoms with Crippen LogP contribution in [0, 0.1) is 0 Å². The zero-order valence-corrected chi connectivity index (χ0v) is 13.1. The number of benzene rings is 1. The largest absolute Gasteiger partial charge is 0.480 e. The smallest absolute Gasteiger partial charge is 0.326 e. The molecule has 0 bridgehead atoms. The van der Waals surface area contributed by atoms with E-state index in [2.05, 4.69) is 5.32 Å². The van der Waals surface area contributed by atoms with Crippen LogP contribution in [0.15, 0.2) is 30.3 Å². The summed E-state index contributed by atoms with van der Waals surface area (Å²) in [5.41, 5.74) is 0.274. The minimum atomic E-state index is -0.973. The van der Waals surface area contributed by atoms with Gasteiger partial charge in [-0.05, 0) is 24.8 Å². The normalized spacial score (nSPS) is 12.7. The van der Waals surface area contributed by atoms with Gasteiger partial charge in [-0.2, -0.15) is 0 Å². The van der Waals surface area contributed by atoms with Gasteiger partial charge >= 0.3 is 5.97 Å². The van der Waals surface area contributed by atoms with Crippen LogP contribution in [0.3, 0.4) is 0 Å². The summed E-state index contributed by atoms with van der Waals surface area (Å²) in [5, 5.41) is 11.9. The Morgan fingerprint density at radius 2 is 1.71 bits per heavy atom. The lowest BCUT2D eigenvalue weighted by molar-refractivity contribution is -0.143. The maximum atomic E-state index is 12.7. The number of hydrogen-bond acceptors (Lipinski definition) is 2. The molecular formula is C17H25NO3. The van der Waals surface area contributed by atoms with Crippen molar-refractivity contribution in [1.29, 1.82) is 0 Å². The Morgan fingerprint density at radius 1 is 1.14 bits per heavy atom. The van der Waals surface area contributed by atoms with Crippen molar-refractivity contribution in [3.05, 3.63) is 35.9 Å². The number of aliphatic carboxylic acids is 1. The molecule has 1 unspecified atom stereocenters. The van der Waals surface area contributed by atoms with Gasteiger partial charge in [-0.3, -0.25) is 4.79 Å². The van der Waals surface area contributed by atoms with E-state index in [1.54, 1.807) is 0 Å². The second kappa shape index (κ2) is 7.81. The molecule has 0 aliphatic rings. The van der Waals surface area contributed by atoms with Gasteiger partial charge in [-0.15, -0.1) is 0 Å². The Balaban J connectivity index is 3.05. The molecule has 0 aliphatic heterocycles. The van der Waals surface area contributed by atoms with Crippen LogP contribution in [-0.2, 0) is 15.0 Å². The van der Waals surface area contributed by atoms with Gasteiger partial charge in [0.2, 0.25) is 5.91 Å². The molecule has 116 valence electrons. The zero-order valence-electron chi connectivity index (χ0n) is 13.1. The van der Waals surface area contributed by atoms with E-state index in [1.807, 2.05) is 51.1 Å². The number of carbonyl (C=O) groups is 2. The van der Waals surface area contributed by atoms with Crippen molar-refractivity contribution in [3.8, 4) is 0 Å². The lowest BCUT2D eigenvalue weighted by Gasteiger charge is -2.32. The van der Waals surface area contributed by atoms with E-state index in [9.17, 15) is 14.7 Å². The Kier molecular flexibility index (Phi) is 6.40. The third-order valence-electron chi connectivity index (χ3n) is 4.15. The summed E-state index contributed by atoms with van der Waals surface area (Å²) < 4.78 is 0. The van der Waals surface area contributed by atoms with Crippen molar-refractivity contribution in [2.24, 2.45) is 0 Å². The van der Waals surface area contributed by atoms with Gasteiger partial charge in [0, 0.05) is 0 Å². The van der Waals surface area contributed by atoms with Gasteiger partial charge in [-0.25, -0.2) is 4.79 Å². The monoisotopic (exact) mass is 291 g/mol. The van der Waals surface area contributed by atoms with Crippen molar-refractivity contribution in [3.63, 3.8) is 0 Å². The minimum absolute atomic E-state index is 0.195. The molecule has 0 spiro atoms. The Hall–Kier alpha value is -1.84. The second-order valence-corrected chi connectivity index (χ2v) is 5.31. The van der Waals surface area contributed by atoms with Crippen molar-refractivity contribution < 1.29 is 14.7 Å². The molecule has 2 N–H and O–H groups in total. The van der Waals surface area contributed by atoms with Crippen LogP contribution >= 0.6 is 0 Å². The molecule has 0 saturated carbocycles. The van der Waals surface area contributed by atoms with E-state index in [-0.39, 0.29) is 5.91 Å². The summed E-state index contributed by atoms with van der Waals surface area (Å²) in [6.45, 7) is 5.84. The number of carboxylic acid groups (broad SMARTS) is 1. The first-order valence-electron chi connectivity index (χ1n) is 7.61. The summed E-state index contributed by atoms with van der Waals surface area (Å²) in [5.74, 6) is -1.17. The van der Waals surface area contributed by atoms with E-state index < -0.39 is 17.4 Å². The maximum Gasteiger partial charge on any atom is 0.326 e. The lowest BCUT2D eigenvalue weighted by atomic mass is 9.75. The highest BCUT2D eigenvalue weighted by atomic mass is 16.4. The number of carbonyl (C=O) groups excluding carboxylic acids is 1. The number of hydrogen-bond donors (Lipinski definition) is 2. The molecule has 4 heteroatoms. The highest BCUT2D eigenvalue weighted by molar-refractivity contribution is 5.91. The molecule has 4 nitrogen and oxygen atoms in total. The first kappa shape index (κ1) is 17.2. The summed E-state index contributed by atoms with van der Waals surface area (Å²) in [7, 11) is 0.